The van der Waals surface area contributed by atoms with E-state index in [9.17, 15) is 4.79 Å². The summed E-state index contributed by atoms with van der Waals surface area (Å²) in [5.74, 6) is -0.327. The standard InChI is InChI=1S/C13H17N5O/c1-3-4-9-11(14)12(18-17-9)13(19)16-10-7-15-6-5-8(10)2/h5-7H,3-4,14H2,1-2H3,(H,16,19)(H,17,18). The number of amides is 1. The maximum Gasteiger partial charge on any atom is 0.278 e. The summed E-state index contributed by atoms with van der Waals surface area (Å²) in [4.78, 5) is 16.1. The van der Waals surface area contributed by atoms with Crippen LogP contribution >= 0.6 is 0 Å². The molecule has 0 unspecified atom stereocenters. The van der Waals surface area contributed by atoms with E-state index in [4.69, 9.17) is 5.73 Å². The molecule has 0 bridgehead atoms. The molecular formula is C13H17N5O. The number of rotatable bonds is 4. The zero-order valence-corrected chi connectivity index (χ0v) is 11.0. The highest BCUT2D eigenvalue weighted by Gasteiger charge is 2.17. The second-order valence-electron chi connectivity index (χ2n) is 4.36. The number of anilines is 2. The number of hydrogen-bond donors (Lipinski definition) is 3. The van der Waals surface area contributed by atoms with E-state index in [1.165, 1.54) is 0 Å². The Labute approximate surface area is 111 Å². The molecule has 2 aromatic heterocycles. The largest absolute Gasteiger partial charge is 0.395 e. The third-order valence-electron chi connectivity index (χ3n) is 2.89. The minimum absolute atomic E-state index is 0.228. The maximum atomic E-state index is 12.1. The highest BCUT2D eigenvalue weighted by atomic mass is 16.2. The van der Waals surface area contributed by atoms with Gasteiger partial charge in [-0.3, -0.25) is 14.9 Å². The zero-order valence-electron chi connectivity index (χ0n) is 11.0. The van der Waals surface area contributed by atoms with Crippen molar-refractivity contribution in [1.29, 1.82) is 0 Å². The molecule has 2 aromatic rings. The minimum Gasteiger partial charge on any atom is -0.395 e. The number of aromatic amines is 1. The van der Waals surface area contributed by atoms with Crippen LogP contribution in [-0.2, 0) is 6.42 Å². The van der Waals surface area contributed by atoms with E-state index in [1.807, 2.05) is 19.9 Å². The number of carbonyl (C=O) groups excluding carboxylic acids is 1. The monoisotopic (exact) mass is 259 g/mol. The van der Waals surface area contributed by atoms with Crippen molar-refractivity contribution in [2.45, 2.75) is 26.7 Å². The average Bonchev–Trinajstić information content (AvgIpc) is 2.75. The fraction of sp³-hybridized carbons (Fsp3) is 0.308. The van der Waals surface area contributed by atoms with Crippen LogP contribution in [0.4, 0.5) is 11.4 Å². The highest BCUT2D eigenvalue weighted by Crippen LogP contribution is 2.18. The first kappa shape index (κ1) is 13.1. The van der Waals surface area contributed by atoms with E-state index >= 15 is 0 Å². The lowest BCUT2D eigenvalue weighted by Gasteiger charge is -2.06. The molecule has 0 saturated carbocycles. The van der Waals surface area contributed by atoms with Crippen LogP contribution in [0.25, 0.3) is 0 Å². The number of H-pyrrole nitrogens is 1. The first-order valence-corrected chi connectivity index (χ1v) is 6.18. The molecule has 0 aliphatic heterocycles. The lowest BCUT2D eigenvalue weighted by atomic mass is 10.2. The van der Waals surface area contributed by atoms with Crippen LogP contribution in [0.3, 0.4) is 0 Å². The molecule has 0 aliphatic carbocycles. The first-order chi connectivity index (χ1) is 9.13. The van der Waals surface area contributed by atoms with E-state index in [1.54, 1.807) is 12.4 Å². The number of nitrogens with one attached hydrogen (secondary N) is 2. The lowest BCUT2D eigenvalue weighted by molar-refractivity contribution is 0.102. The van der Waals surface area contributed by atoms with Crippen molar-refractivity contribution < 1.29 is 4.79 Å². The van der Waals surface area contributed by atoms with Gasteiger partial charge in [-0.25, -0.2) is 0 Å². The van der Waals surface area contributed by atoms with Crippen LogP contribution in [-0.4, -0.2) is 21.1 Å². The SMILES string of the molecule is CCCc1[nH]nc(C(=O)Nc2cnccc2C)c1N. The highest BCUT2D eigenvalue weighted by molar-refractivity contribution is 6.06. The summed E-state index contributed by atoms with van der Waals surface area (Å²) in [7, 11) is 0. The van der Waals surface area contributed by atoms with Gasteiger partial charge in [0, 0.05) is 6.20 Å². The summed E-state index contributed by atoms with van der Waals surface area (Å²) in [6.45, 7) is 3.94. The van der Waals surface area contributed by atoms with Gasteiger partial charge in [-0.15, -0.1) is 0 Å². The number of hydrogen-bond acceptors (Lipinski definition) is 4. The third kappa shape index (κ3) is 2.73. The molecule has 1 amide bonds. The molecule has 0 fully saturated rings. The number of nitrogens with two attached hydrogens (primary N) is 1. The first-order valence-electron chi connectivity index (χ1n) is 6.18. The molecule has 0 saturated heterocycles. The number of nitrogens with zero attached hydrogens (tertiary/aromatic N) is 2. The number of pyridine rings is 1. The fourth-order valence-corrected chi connectivity index (χ4v) is 1.78. The van der Waals surface area contributed by atoms with E-state index in [-0.39, 0.29) is 11.6 Å². The van der Waals surface area contributed by atoms with E-state index < -0.39 is 0 Å². The number of carbonyl (C=O) groups is 1. The maximum absolute atomic E-state index is 12.1. The van der Waals surface area contributed by atoms with Crippen molar-refractivity contribution >= 4 is 17.3 Å². The Hall–Kier alpha value is -2.37. The summed E-state index contributed by atoms with van der Waals surface area (Å²) in [6.07, 6.45) is 4.99. The molecule has 6 heteroatoms. The van der Waals surface area contributed by atoms with E-state index in [0.29, 0.717) is 11.4 Å². The van der Waals surface area contributed by atoms with E-state index in [0.717, 1.165) is 24.1 Å². The molecule has 6 nitrogen and oxygen atoms in total. The Bertz CT molecular complexity index is 590. The van der Waals surface area contributed by atoms with Gasteiger partial charge in [0.05, 0.1) is 23.3 Å². The molecule has 0 radical (unpaired) electrons. The quantitative estimate of drug-likeness (QED) is 0.781. The van der Waals surface area contributed by atoms with Crippen molar-refractivity contribution in [3.8, 4) is 0 Å². The number of aromatic nitrogens is 3. The van der Waals surface area contributed by atoms with Crippen molar-refractivity contribution in [3.05, 3.63) is 35.4 Å². The van der Waals surface area contributed by atoms with Gasteiger partial charge >= 0.3 is 0 Å². The van der Waals surface area contributed by atoms with E-state index in [2.05, 4.69) is 20.5 Å². The van der Waals surface area contributed by atoms with Crippen LogP contribution in [0.1, 0.15) is 35.1 Å². The molecule has 4 N–H and O–H groups in total. The lowest BCUT2D eigenvalue weighted by Crippen LogP contribution is -2.15. The molecule has 19 heavy (non-hydrogen) atoms. The van der Waals surface area contributed by atoms with Crippen molar-refractivity contribution in [2.75, 3.05) is 11.1 Å². The second kappa shape index (κ2) is 5.51. The predicted octanol–water partition coefficient (Wildman–Crippen LogP) is 1.90. The Morgan fingerprint density at radius 3 is 3.00 bits per heavy atom. The summed E-state index contributed by atoms with van der Waals surface area (Å²) >= 11 is 0. The predicted molar refractivity (Wildman–Crippen MR) is 73.9 cm³/mol. The molecule has 2 rings (SSSR count). The van der Waals surface area contributed by atoms with Gasteiger partial charge in [-0.2, -0.15) is 5.10 Å². The Morgan fingerprint density at radius 2 is 2.32 bits per heavy atom. The van der Waals surface area contributed by atoms with Gasteiger partial charge in [0.15, 0.2) is 5.69 Å². The molecule has 0 aliphatic rings. The van der Waals surface area contributed by atoms with Crippen LogP contribution in [0.5, 0.6) is 0 Å². The smallest absolute Gasteiger partial charge is 0.278 e. The molecular weight excluding hydrogens is 242 g/mol. The van der Waals surface area contributed by atoms with Gasteiger partial charge in [-0.1, -0.05) is 13.3 Å². The summed E-state index contributed by atoms with van der Waals surface area (Å²) in [5, 5.41) is 9.54. The van der Waals surface area contributed by atoms with Crippen LogP contribution < -0.4 is 11.1 Å². The Kier molecular flexibility index (Phi) is 3.79. The summed E-state index contributed by atoms with van der Waals surface area (Å²) in [6, 6.07) is 1.83. The van der Waals surface area contributed by atoms with Gasteiger partial charge in [-0.05, 0) is 25.0 Å². The molecule has 0 atom stereocenters. The van der Waals surface area contributed by atoms with Gasteiger partial charge < -0.3 is 11.1 Å². The molecule has 0 aromatic carbocycles. The normalized spacial score (nSPS) is 10.4. The minimum atomic E-state index is -0.327. The molecule has 0 spiro atoms. The van der Waals surface area contributed by atoms with Crippen molar-refractivity contribution in [3.63, 3.8) is 0 Å². The third-order valence-corrected chi connectivity index (χ3v) is 2.89. The fourth-order valence-electron chi connectivity index (χ4n) is 1.78. The molecule has 2 heterocycles. The molecule has 100 valence electrons. The van der Waals surface area contributed by atoms with Crippen LogP contribution in [0, 0.1) is 6.92 Å². The average molecular weight is 259 g/mol. The van der Waals surface area contributed by atoms with Crippen LogP contribution in [0.15, 0.2) is 18.5 Å². The number of aryl methyl sites for hydroxylation is 2. The van der Waals surface area contributed by atoms with Crippen molar-refractivity contribution in [1.82, 2.24) is 15.2 Å². The zero-order chi connectivity index (χ0) is 13.8. The van der Waals surface area contributed by atoms with Crippen molar-refractivity contribution in [2.24, 2.45) is 0 Å². The topological polar surface area (TPSA) is 96.7 Å². The summed E-state index contributed by atoms with van der Waals surface area (Å²) in [5.41, 5.74) is 8.95. The van der Waals surface area contributed by atoms with Gasteiger partial charge in [0.1, 0.15) is 0 Å². The summed E-state index contributed by atoms with van der Waals surface area (Å²) < 4.78 is 0. The Balaban J connectivity index is 2.19. The van der Waals surface area contributed by atoms with Gasteiger partial charge in [0.25, 0.3) is 5.91 Å². The van der Waals surface area contributed by atoms with Gasteiger partial charge in [0.2, 0.25) is 0 Å². The second-order valence-corrected chi connectivity index (χ2v) is 4.36. The Morgan fingerprint density at radius 1 is 1.53 bits per heavy atom. The van der Waals surface area contributed by atoms with Crippen LogP contribution in [0.2, 0.25) is 0 Å². The number of nitrogen functional groups attached to an aromatic ring is 1.